The molecule has 164 valence electrons. The molecule has 0 unspecified atom stereocenters. The minimum atomic E-state index is -4.51. The smallest absolute Gasteiger partial charge is 0.369 e. The van der Waals surface area contributed by atoms with Gasteiger partial charge >= 0.3 is 6.18 Å². The maximum atomic E-state index is 13.6. The molecule has 3 rings (SSSR count). The Bertz CT molecular complexity index is 1090. The molecule has 1 aromatic heterocycles. The first-order chi connectivity index (χ1) is 14.6. The highest BCUT2D eigenvalue weighted by Gasteiger charge is 2.33. The van der Waals surface area contributed by atoms with E-state index in [1.807, 2.05) is 38.1 Å². The Morgan fingerprint density at radius 3 is 2.55 bits per heavy atom. The van der Waals surface area contributed by atoms with Gasteiger partial charge in [-0.25, -0.2) is 9.97 Å². The van der Waals surface area contributed by atoms with Crippen molar-refractivity contribution >= 4 is 40.5 Å². The third-order valence-corrected chi connectivity index (χ3v) is 5.15. The molecule has 8 heteroatoms. The van der Waals surface area contributed by atoms with Crippen LogP contribution >= 0.6 is 11.6 Å². The highest BCUT2D eigenvalue weighted by Crippen LogP contribution is 2.35. The van der Waals surface area contributed by atoms with Crippen LogP contribution in [0.5, 0.6) is 0 Å². The molecule has 31 heavy (non-hydrogen) atoms. The molecule has 4 nitrogen and oxygen atoms in total. The van der Waals surface area contributed by atoms with Crippen LogP contribution in [0.3, 0.4) is 0 Å². The van der Waals surface area contributed by atoms with Crippen molar-refractivity contribution in [3.05, 3.63) is 63.9 Å². The van der Waals surface area contributed by atoms with E-state index in [0.717, 1.165) is 30.2 Å². The van der Waals surface area contributed by atoms with Crippen molar-refractivity contribution in [1.82, 2.24) is 14.9 Å². The summed E-state index contributed by atoms with van der Waals surface area (Å²) in [5.41, 5.74) is 0.869. The summed E-state index contributed by atoms with van der Waals surface area (Å²) in [6.07, 6.45) is -0.312. The number of anilines is 1. The molecule has 0 radical (unpaired) electrons. The standard InChI is InChI=1S/C23H24ClF3N4/c1-15-14-16(8-10-19(15)24)9-11-20-29-21-17(6-4-7-18(21)23(25,26)27)22(30-20)28-12-5-13-31(2)3/h4,6-11,14H,5,12-13H2,1-3H3,(H,28,29,30)/b11-9+. The molecule has 0 bridgehead atoms. The number of hydrogen-bond acceptors (Lipinski definition) is 4. The summed E-state index contributed by atoms with van der Waals surface area (Å²) in [4.78, 5) is 10.7. The Kier molecular flexibility index (Phi) is 7.18. The number of fused-ring (bicyclic) bond motifs is 1. The number of rotatable bonds is 7. The summed E-state index contributed by atoms with van der Waals surface area (Å²) < 4.78 is 40.8. The predicted molar refractivity (Wildman–Crippen MR) is 121 cm³/mol. The quantitative estimate of drug-likeness (QED) is 0.440. The van der Waals surface area contributed by atoms with Gasteiger partial charge in [-0.2, -0.15) is 13.2 Å². The lowest BCUT2D eigenvalue weighted by molar-refractivity contribution is -0.136. The van der Waals surface area contributed by atoms with E-state index in [4.69, 9.17) is 11.6 Å². The van der Waals surface area contributed by atoms with Crippen molar-refractivity contribution in [1.29, 1.82) is 0 Å². The topological polar surface area (TPSA) is 41.1 Å². The maximum Gasteiger partial charge on any atom is 0.418 e. The van der Waals surface area contributed by atoms with E-state index in [0.29, 0.717) is 22.8 Å². The van der Waals surface area contributed by atoms with Gasteiger partial charge in [-0.15, -0.1) is 0 Å². The van der Waals surface area contributed by atoms with E-state index >= 15 is 0 Å². The zero-order chi connectivity index (χ0) is 22.6. The SMILES string of the molecule is Cc1cc(/C=C/c2nc(NCCCN(C)C)c3cccc(C(F)(F)F)c3n2)ccc1Cl. The molecule has 0 spiro atoms. The molecule has 3 aromatic rings. The summed E-state index contributed by atoms with van der Waals surface area (Å²) in [6.45, 7) is 3.32. The van der Waals surface area contributed by atoms with Gasteiger partial charge in [-0.05, 0) is 69.4 Å². The summed E-state index contributed by atoms with van der Waals surface area (Å²) in [6, 6.07) is 9.52. The zero-order valence-electron chi connectivity index (χ0n) is 17.6. The van der Waals surface area contributed by atoms with Gasteiger partial charge in [-0.3, -0.25) is 0 Å². The van der Waals surface area contributed by atoms with Crippen LogP contribution in [0, 0.1) is 6.92 Å². The minimum Gasteiger partial charge on any atom is -0.369 e. The highest BCUT2D eigenvalue weighted by atomic mass is 35.5. The van der Waals surface area contributed by atoms with Crippen LogP contribution in [0.4, 0.5) is 19.0 Å². The normalized spacial score (nSPS) is 12.3. The first-order valence-electron chi connectivity index (χ1n) is 9.86. The van der Waals surface area contributed by atoms with Crippen molar-refractivity contribution in [3.8, 4) is 0 Å². The highest BCUT2D eigenvalue weighted by molar-refractivity contribution is 6.31. The second kappa shape index (κ2) is 9.66. The fourth-order valence-corrected chi connectivity index (χ4v) is 3.27. The monoisotopic (exact) mass is 448 g/mol. The third kappa shape index (κ3) is 5.95. The third-order valence-electron chi connectivity index (χ3n) is 4.73. The zero-order valence-corrected chi connectivity index (χ0v) is 18.3. The molecule has 0 atom stereocenters. The average molecular weight is 449 g/mol. The van der Waals surface area contributed by atoms with Crippen LogP contribution in [0.25, 0.3) is 23.1 Å². The first-order valence-corrected chi connectivity index (χ1v) is 10.2. The Hall–Kier alpha value is -2.64. The summed E-state index contributed by atoms with van der Waals surface area (Å²) in [5, 5.41) is 4.18. The Morgan fingerprint density at radius 2 is 1.87 bits per heavy atom. The van der Waals surface area contributed by atoms with E-state index in [9.17, 15) is 13.2 Å². The fraction of sp³-hybridized carbons (Fsp3) is 0.304. The second-order valence-electron chi connectivity index (χ2n) is 7.56. The van der Waals surface area contributed by atoms with Crippen LogP contribution in [-0.2, 0) is 6.18 Å². The summed E-state index contributed by atoms with van der Waals surface area (Å²) in [7, 11) is 3.94. The average Bonchev–Trinajstić information content (AvgIpc) is 2.70. The van der Waals surface area contributed by atoms with Gasteiger partial charge in [0.05, 0.1) is 11.1 Å². The maximum absolute atomic E-state index is 13.6. The molecule has 1 N–H and O–H groups in total. The molecular weight excluding hydrogens is 425 g/mol. The fourth-order valence-electron chi connectivity index (χ4n) is 3.15. The summed E-state index contributed by atoms with van der Waals surface area (Å²) in [5.74, 6) is 0.591. The van der Waals surface area contributed by atoms with Gasteiger partial charge in [0.15, 0.2) is 5.82 Å². The van der Waals surface area contributed by atoms with E-state index < -0.39 is 11.7 Å². The van der Waals surface area contributed by atoms with Crippen LogP contribution in [0.1, 0.15) is 28.9 Å². The number of para-hydroxylation sites is 1. The van der Waals surface area contributed by atoms with Gasteiger partial charge in [0.1, 0.15) is 5.82 Å². The molecule has 1 heterocycles. The number of hydrogen-bond donors (Lipinski definition) is 1. The lowest BCUT2D eigenvalue weighted by Crippen LogP contribution is -2.17. The lowest BCUT2D eigenvalue weighted by atomic mass is 10.1. The van der Waals surface area contributed by atoms with Crippen molar-refractivity contribution in [2.24, 2.45) is 0 Å². The predicted octanol–water partition coefficient (Wildman–Crippen LogP) is 6.14. The van der Waals surface area contributed by atoms with Crippen LogP contribution in [-0.4, -0.2) is 42.1 Å². The number of aromatic nitrogens is 2. The van der Waals surface area contributed by atoms with Gasteiger partial charge in [-0.1, -0.05) is 35.9 Å². The molecule has 0 aliphatic heterocycles. The number of aryl methyl sites for hydroxylation is 1. The van der Waals surface area contributed by atoms with Crippen molar-refractivity contribution in [2.75, 3.05) is 32.5 Å². The molecule has 0 saturated carbocycles. The molecule has 0 fully saturated rings. The second-order valence-corrected chi connectivity index (χ2v) is 7.96. The van der Waals surface area contributed by atoms with Gasteiger partial charge in [0.2, 0.25) is 0 Å². The molecule has 0 aliphatic carbocycles. The number of nitrogens with zero attached hydrogens (tertiary/aromatic N) is 3. The van der Waals surface area contributed by atoms with Gasteiger partial charge in [0, 0.05) is 17.0 Å². The van der Waals surface area contributed by atoms with Crippen molar-refractivity contribution < 1.29 is 13.2 Å². The van der Waals surface area contributed by atoms with Crippen molar-refractivity contribution in [3.63, 3.8) is 0 Å². The van der Waals surface area contributed by atoms with Crippen LogP contribution < -0.4 is 5.32 Å². The lowest BCUT2D eigenvalue weighted by Gasteiger charge is -2.14. The van der Waals surface area contributed by atoms with E-state index in [2.05, 4.69) is 15.3 Å². The Labute approximate surface area is 184 Å². The molecule has 0 aliphatic rings. The number of benzene rings is 2. The number of halogens is 4. The van der Waals surface area contributed by atoms with Crippen LogP contribution in [0.2, 0.25) is 5.02 Å². The number of alkyl halides is 3. The largest absolute Gasteiger partial charge is 0.418 e. The van der Waals surface area contributed by atoms with Gasteiger partial charge in [0.25, 0.3) is 0 Å². The van der Waals surface area contributed by atoms with E-state index in [-0.39, 0.29) is 11.3 Å². The minimum absolute atomic E-state index is 0.118. The van der Waals surface area contributed by atoms with E-state index in [1.165, 1.54) is 6.07 Å². The van der Waals surface area contributed by atoms with E-state index in [1.54, 1.807) is 24.3 Å². The van der Waals surface area contributed by atoms with Gasteiger partial charge < -0.3 is 10.2 Å². The molecule has 0 amide bonds. The molecule has 2 aromatic carbocycles. The number of nitrogens with one attached hydrogen (secondary N) is 1. The molecular formula is C23H24ClF3N4. The van der Waals surface area contributed by atoms with Crippen LogP contribution in [0.15, 0.2) is 36.4 Å². The Balaban J connectivity index is 2.01. The first kappa shape index (κ1) is 23.0. The summed E-state index contributed by atoms with van der Waals surface area (Å²) >= 11 is 6.06. The molecule has 0 saturated heterocycles. The van der Waals surface area contributed by atoms with Crippen molar-refractivity contribution in [2.45, 2.75) is 19.5 Å². The Morgan fingerprint density at radius 1 is 1.10 bits per heavy atom.